The first kappa shape index (κ1) is 14.5. The molecule has 1 N–H and O–H groups in total. The van der Waals surface area contributed by atoms with E-state index in [1.165, 1.54) is 18.6 Å². The second kappa shape index (κ2) is 5.24. The van der Waals surface area contributed by atoms with Crippen LogP contribution in [0.5, 0.6) is 0 Å². The predicted molar refractivity (Wildman–Crippen MR) is 76.3 cm³/mol. The Hall–Kier alpha value is -0.890. The van der Waals surface area contributed by atoms with Crippen molar-refractivity contribution in [2.75, 3.05) is 0 Å². The molecule has 1 nitrogen and oxygen atoms in total. The molecular formula is C17H25FO. The van der Waals surface area contributed by atoms with Crippen LogP contribution in [0.25, 0.3) is 0 Å². The van der Waals surface area contributed by atoms with E-state index >= 15 is 0 Å². The van der Waals surface area contributed by atoms with Crippen LogP contribution in [-0.4, -0.2) is 5.11 Å². The summed E-state index contributed by atoms with van der Waals surface area (Å²) in [7, 11) is 0. The van der Waals surface area contributed by atoms with Gasteiger partial charge in [0.15, 0.2) is 0 Å². The Morgan fingerprint density at radius 2 is 1.74 bits per heavy atom. The Labute approximate surface area is 115 Å². The molecule has 0 aromatic heterocycles. The molecule has 0 atom stereocenters. The van der Waals surface area contributed by atoms with E-state index in [1.807, 2.05) is 0 Å². The number of aliphatic hydroxyl groups is 1. The van der Waals surface area contributed by atoms with Crippen LogP contribution in [0.2, 0.25) is 0 Å². The lowest BCUT2D eigenvalue weighted by Gasteiger charge is -2.42. The second-order valence-corrected chi connectivity index (χ2v) is 6.65. The van der Waals surface area contributed by atoms with Crippen molar-refractivity contribution in [2.45, 2.75) is 58.5 Å². The standard InChI is InChI=1S/C17H25FO/c1-4-16(2,3)13-9-11-17(19,12-10-13)14-5-7-15(18)8-6-14/h5-8,13,19H,4,9-12H2,1-3H3. The highest BCUT2D eigenvalue weighted by Crippen LogP contribution is 2.46. The van der Waals surface area contributed by atoms with E-state index in [0.29, 0.717) is 11.3 Å². The molecule has 1 aromatic rings. The number of halogens is 1. The molecule has 1 aliphatic rings. The summed E-state index contributed by atoms with van der Waals surface area (Å²) in [5.74, 6) is 0.436. The molecule has 19 heavy (non-hydrogen) atoms. The van der Waals surface area contributed by atoms with E-state index in [-0.39, 0.29) is 5.82 Å². The highest BCUT2D eigenvalue weighted by molar-refractivity contribution is 5.23. The minimum Gasteiger partial charge on any atom is -0.385 e. The van der Waals surface area contributed by atoms with E-state index < -0.39 is 5.60 Å². The maximum absolute atomic E-state index is 13.0. The molecule has 1 saturated carbocycles. The van der Waals surface area contributed by atoms with Crippen LogP contribution >= 0.6 is 0 Å². The topological polar surface area (TPSA) is 20.2 Å². The average Bonchev–Trinajstić information content (AvgIpc) is 2.40. The van der Waals surface area contributed by atoms with Crippen molar-refractivity contribution in [2.24, 2.45) is 11.3 Å². The van der Waals surface area contributed by atoms with Crippen molar-refractivity contribution in [3.05, 3.63) is 35.6 Å². The molecule has 0 heterocycles. The lowest BCUT2D eigenvalue weighted by Crippen LogP contribution is -2.36. The van der Waals surface area contributed by atoms with Gasteiger partial charge >= 0.3 is 0 Å². The first-order valence-electron chi connectivity index (χ1n) is 7.36. The molecule has 0 bridgehead atoms. The van der Waals surface area contributed by atoms with Gasteiger partial charge < -0.3 is 5.11 Å². The van der Waals surface area contributed by atoms with E-state index in [9.17, 15) is 9.50 Å². The molecule has 1 fully saturated rings. The van der Waals surface area contributed by atoms with E-state index in [1.54, 1.807) is 12.1 Å². The highest BCUT2D eigenvalue weighted by Gasteiger charge is 2.39. The summed E-state index contributed by atoms with van der Waals surface area (Å²) < 4.78 is 13.0. The molecule has 0 radical (unpaired) electrons. The van der Waals surface area contributed by atoms with Gasteiger partial charge in [-0.2, -0.15) is 0 Å². The summed E-state index contributed by atoms with van der Waals surface area (Å²) in [6, 6.07) is 6.33. The maximum atomic E-state index is 13.0. The van der Waals surface area contributed by atoms with E-state index in [4.69, 9.17) is 0 Å². The Morgan fingerprint density at radius 1 is 1.21 bits per heavy atom. The SMILES string of the molecule is CCC(C)(C)C1CCC(O)(c2ccc(F)cc2)CC1. The fraction of sp³-hybridized carbons (Fsp3) is 0.647. The van der Waals surface area contributed by atoms with Gasteiger partial charge in [0, 0.05) is 0 Å². The van der Waals surface area contributed by atoms with Crippen LogP contribution in [0.15, 0.2) is 24.3 Å². The maximum Gasteiger partial charge on any atom is 0.123 e. The zero-order chi connectivity index (χ0) is 14.1. The van der Waals surface area contributed by atoms with Crippen molar-refractivity contribution in [3.63, 3.8) is 0 Å². The summed E-state index contributed by atoms with van der Waals surface area (Å²) in [4.78, 5) is 0. The van der Waals surface area contributed by atoms with Crippen LogP contribution in [0.1, 0.15) is 58.4 Å². The van der Waals surface area contributed by atoms with Crippen LogP contribution in [-0.2, 0) is 5.60 Å². The average molecular weight is 264 g/mol. The number of rotatable bonds is 3. The molecule has 1 aromatic carbocycles. The summed E-state index contributed by atoms with van der Waals surface area (Å²) in [5, 5.41) is 10.8. The number of benzene rings is 1. The van der Waals surface area contributed by atoms with E-state index in [2.05, 4.69) is 20.8 Å². The van der Waals surface area contributed by atoms with Gasteiger partial charge in [-0.15, -0.1) is 0 Å². The minimum absolute atomic E-state index is 0.242. The van der Waals surface area contributed by atoms with E-state index in [0.717, 1.165) is 31.2 Å². The van der Waals surface area contributed by atoms with Crippen LogP contribution < -0.4 is 0 Å². The first-order valence-corrected chi connectivity index (χ1v) is 7.36. The third kappa shape index (κ3) is 3.00. The van der Waals surface area contributed by atoms with Gasteiger partial charge in [-0.1, -0.05) is 39.3 Å². The largest absolute Gasteiger partial charge is 0.385 e. The third-order valence-electron chi connectivity index (χ3n) is 5.21. The molecule has 0 saturated heterocycles. The molecule has 0 spiro atoms. The first-order chi connectivity index (χ1) is 8.87. The fourth-order valence-corrected chi connectivity index (χ4v) is 3.21. The minimum atomic E-state index is -0.756. The quantitative estimate of drug-likeness (QED) is 0.843. The molecule has 2 rings (SSSR count). The summed E-state index contributed by atoms with van der Waals surface area (Å²) in [5.41, 5.74) is 0.458. The molecular weight excluding hydrogens is 239 g/mol. The molecule has 0 aliphatic heterocycles. The Bertz CT molecular complexity index is 413. The van der Waals surface area contributed by atoms with Crippen LogP contribution in [0.3, 0.4) is 0 Å². The normalized spacial score (nSPS) is 28.4. The van der Waals surface area contributed by atoms with Gasteiger partial charge in [0.1, 0.15) is 5.82 Å². The lowest BCUT2D eigenvalue weighted by molar-refractivity contribution is -0.0328. The molecule has 106 valence electrons. The summed E-state index contributed by atoms with van der Waals surface area (Å²) >= 11 is 0. The van der Waals surface area contributed by atoms with Crippen molar-refractivity contribution >= 4 is 0 Å². The Balaban J connectivity index is 2.08. The highest BCUT2D eigenvalue weighted by atomic mass is 19.1. The fourth-order valence-electron chi connectivity index (χ4n) is 3.21. The zero-order valence-electron chi connectivity index (χ0n) is 12.2. The van der Waals surface area contributed by atoms with Crippen molar-refractivity contribution in [3.8, 4) is 0 Å². The third-order valence-corrected chi connectivity index (χ3v) is 5.21. The zero-order valence-corrected chi connectivity index (χ0v) is 12.2. The lowest BCUT2D eigenvalue weighted by atomic mass is 9.65. The molecule has 2 heteroatoms. The summed E-state index contributed by atoms with van der Waals surface area (Å²) in [6.45, 7) is 6.88. The Morgan fingerprint density at radius 3 is 2.21 bits per heavy atom. The molecule has 1 aliphatic carbocycles. The number of hydrogen-bond donors (Lipinski definition) is 1. The van der Waals surface area contributed by atoms with Gasteiger partial charge in [-0.3, -0.25) is 0 Å². The smallest absolute Gasteiger partial charge is 0.123 e. The molecule has 0 amide bonds. The van der Waals surface area contributed by atoms with Gasteiger partial charge in [0.25, 0.3) is 0 Å². The van der Waals surface area contributed by atoms with Gasteiger partial charge in [0.2, 0.25) is 0 Å². The Kier molecular flexibility index (Phi) is 4.00. The van der Waals surface area contributed by atoms with Crippen molar-refractivity contribution < 1.29 is 9.50 Å². The van der Waals surface area contributed by atoms with Crippen molar-refractivity contribution in [1.82, 2.24) is 0 Å². The van der Waals surface area contributed by atoms with Gasteiger partial charge in [-0.25, -0.2) is 4.39 Å². The molecule has 0 unspecified atom stereocenters. The second-order valence-electron chi connectivity index (χ2n) is 6.65. The monoisotopic (exact) mass is 264 g/mol. The van der Waals surface area contributed by atoms with Crippen molar-refractivity contribution in [1.29, 1.82) is 0 Å². The summed E-state index contributed by atoms with van der Waals surface area (Å²) in [6.07, 6.45) is 4.84. The predicted octanol–water partition coefficient (Wildman–Crippen LogP) is 4.64. The van der Waals surface area contributed by atoms with Gasteiger partial charge in [-0.05, 0) is 54.7 Å². The van der Waals surface area contributed by atoms with Crippen LogP contribution in [0.4, 0.5) is 4.39 Å². The van der Waals surface area contributed by atoms with Crippen LogP contribution in [0, 0.1) is 17.2 Å². The van der Waals surface area contributed by atoms with Gasteiger partial charge in [0.05, 0.1) is 5.60 Å². The number of hydrogen-bond acceptors (Lipinski definition) is 1.